The first-order valence-corrected chi connectivity index (χ1v) is 11.5. The lowest BCUT2D eigenvalue weighted by Crippen LogP contribution is -2.62. The Kier molecular flexibility index (Phi) is 4.84. The van der Waals surface area contributed by atoms with Crippen LogP contribution in [0.1, 0.15) is 29.4 Å². The highest BCUT2D eigenvalue weighted by atomic mass is 32.2. The Labute approximate surface area is 163 Å². The Morgan fingerprint density at radius 3 is 2.56 bits per heavy atom. The van der Waals surface area contributed by atoms with Gasteiger partial charge in [-0.3, -0.25) is 9.69 Å². The van der Waals surface area contributed by atoms with E-state index in [0.717, 1.165) is 25.9 Å². The number of thiophene rings is 1. The zero-order valence-corrected chi connectivity index (χ0v) is 16.7. The average Bonchev–Trinajstić information content (AvgIpc) is 3.14. The van der Waals surface area contributed by atoms with Crippen molar-refractivity contribution >= 4 is 27.3 Å². The van der Waals surface area contributed by atoms with Gasteiger partial charge in [-0.2, -0.15) is 0 Å². The van der Waals surface area contributed by atoms with Crippen LogP contribution in [0.4, 0.5) is 0 Å². The second kappa shape index (κ2) is 7.01. The van der Waals surface area contributed by atoms with Crippen LogP contribution in [0.25, 0.3) is 10.4 Å². The van der Waals surface area contributed by atoms with Gasteiger partial charge in [-0.25, -0.2) is 13.6 Å². The van der Waals surface area contributed by atoms with Crippen LogP contribution in [0.2, 0.25) is 0 Å². The molecule has 0 saturated carbocycles. The molecule has 3 aliphatic rings. The van der Waals surface area contributed by atoms with Crippen molar-refractivity contribution in [3.05, 3.63) is 41.3 Å². The van der Waals surface area contributed by atoms with Crippen LogP contribution < -0.4 is 10.5 Å². The zero-order valence-electron chi connectivity index (χ0n) is 15.1. The average molecular weight is 406 g/mol. The molecule has 8 heteroatoms. The smallest absolute Gasteiger partial charge is 0.261 e. The van der Waals surface area contributed by atoms with Crippen LogP contribution in [0.3, 0.4) is 0 Å². The maximum absolute atomic E-state index is 12.8. The predicted octanol–water partition coefficient (Wildman–Crippen LogP) is 2.28. The van der Waals surface area contributed by atoms with Gasteiger partial charge in [-0.05, 0) is 57.0 Å². The molecule has 1 aromatic carbocycles. The van der Waals surface area contributed by atoms with E-state index in [4.69, 9.17) is 5.14 Å². The van der Waals surface area contributed by atoms with Gasteiger partial charge in [0.25, 0.3) is 5.91 Å². The van der Waals surface area contributed by atoms with Crippen LogP contribution in [0, 0.1) is 5.92 Å². The van der Waals surface area contributed by atoms with E-state index in [2.05, 4.69) is 17.1 Å². The normalized spacial score (nSPS) is 27.5. The molecule has 3 aliphatic heterocycles. The summed E-state index contributed by atoms with van der Waals surface area (Å²) < 4.78 is 23.7. The van der Waals surface area contributed by atoms with Crippen molar-refractivity contribution in [2.24, 2.45) is 11.1 Å². The van der Waals surface area contributed by atoms with Gasteiger partial charge in [0, 0.05) is 22.5 Å². The van der Waals surface area contributed by atoms with Gasteiger partial charge < -0.3 is 5.32 Å². The van der Waals surface area contributed by atoms with Crippen molar-refractivity contribution in [1.82, 2.24) is 10.2 Å². The molecule has 2 aromatic rings. The summed E-state index contributed by atoms with van der Waals surface area (Å²) >= 11 is 1.29. The summed E-state index contributed by atoms with van der Waals surface area (Å²) in [7, 11) is -3.83. The second-order valence-corrected chi connectivity index (χ2v) is 9.93. The Morgan fingerprint density at radius 1 is 1.19 bits per heavy atom. The molecule has 1 amide bonds. The molecule has 4 heterocycles. The molecule has 144 valence electrons. The van der Waals surface area contributed by atoms with Gasteiger partial charge in [0.05, 0.1) is 9.77 Å². The number of nitrogens with two attached hydrogens (primary N) is 1. The monoisotopic (exact) mass is 405 g/mol. The Morgan fingerprint density at radius 2 is 1.89 bits per heavy atom. The number of sulfonamides is 1. The van der Waals surface area contributed by atoms with Crippen LogP contribution in [0.15, 0.2) is 41.3 Å². The molecule has 0 radical (unpaired) electrons. The summed E-state index contributed by atoms with van der Waals surface area (Å²) in [5.41, 5.74) is 0.528. The molecule has 6 nitrogen and oxygen atoms in total. The van der Waals surface area contributed by atoms with Crippen LogP contribution in [-0.2, 0) is 10.0 Å². The van der Waals surface area contributed by atoms with Crippen molar-refractivity contribution in [3.63, 3.8) is 0 Å². The molecule has 27 heavy (non-hydrogen) atoms. The summed E-state index contributed by atoms with van der Waals surface area (Å²) in [6.45, 7) is 4.41. The fourth-order valence-corrected chi connectivity index (χ4v) is 6.06. The first-order valence-electron chi connectivity index (χ1n) is 9.11. The molecule has 5 rings (SSSR count). The molecule has 2 atom stereocenters. The summed E-state index contributed by atoms with van der Waals surface area (Å²) in [5.74, 6) is 0.446. The van der Waals surface area contributed by atoms with E-state index in [1.165, 1.54) is 17.4 Å². The third kappa shape index (κ3) is 3.54. The van der Waals surface area contributed by atoms with E-state index in [0.29, 0.717) is 27.3 Å². The molecular weight excluding hydrogens is 382 g/mol. The third-order valence-corrected chi connectivity index (χ3v) is 7.85. The first-order chi connectivity index (χ1) is 12.8. The highest BCUT2D eigenvalue weighted by molar-refractivity contribution is 7.89. The van der Waals surface area contributed by atoms with Gasteiger partial charge in [0.15, 0.2) is 0 Å². The summed E-state index contributed by atoms with van der Waals surface area (Å²) in [6, 6.07) is 10.6. The molecule has 1 aromatic heterocycles. The van der Waals surface area contributed by atoms with Gasteiger partial charge in [0.2, 0.25) is 10.0 Å². The standard InChI is InChI=1S/C19H23N3O3S2/c1-12-18(13-8-10-22(12)11-9-13)21-19(23)16-7-6-15(26-16)14-4-2-3-5-17(14)27(20,24)25/h2-7,12-13,18H,8-11H2,1H3,(H,21,23)(H2,20,24,25)/t12-,18-/m0/s1. The number of rotatable bonds is 4. The molecule has 0 aliphatic carbocycles. The van der Waals surface area contributed by atoms with E-state index in [-0.39, 0.29) is 16.8 Å². The van der Waals surface area contributed by atoms with E-state index in [1.807, 2.05) is 0 Å². The number of piperidine rings is 3. The number of carbonyl (C=O) groups is 1. The minimum absolute atomic E-state index is 0.0739. The molecule has 3 N–H and O–H groups in total. The van der Waals surface area contributed by atoms with Crippen LogP contribution in [-0.4, -0.2) is 44.4 Å². The number of hydrogen-bond acceptors (Lipinski definition) is 5. The highest BCUT2D eigenvalue weighted by Gasteiger charge is 2.40. The topological polar surface area (TPSA) is 92.5 Å². The lowest BCUT2D eigenvalue weighted by Gasteiger charge is -2.49. The fourth-order valence-electron chi connectivity index (χ4n) is 4.29. The molecule has 3 saturated heterocycles. The Bertz CT molecular complexity index is 960. The van der Waals surface area contributed by atoms with Gasteiger partial charge in [0.1, 0.15) is 0 Å². The van der Waals surface area contributed by atoms with Gasteiger partial charge in [-0.15, -0.1) is 11.3 Å². The van der Waals surface area contributed by atoms with Crippen molar-refractivity contribution in [2.45, 2.75) is 36.7 Å². The summed E-state index contributed by atoms with van der Waals surface area (Å²) in [5, 5.41) is 8.54. The number of carbonyl (C=O) groups excluding carboxylic acids is 1. The van der Waals surface area contributed by atoms with Crippen LogP contribution >= 0.6 is 11.3 Å². The highest BCUT2D eigenvalue weighted by Crippen LogP contribution is 2.34. The SMILES string of the molecule is C[C@H]1[C@H](NC(=O)c2ccc(-c3ccccc3S(N)(=O)=O)s2)C2CCN1CC2. The van der Waals surface area contributed by atoms with E-state index in [9.17, 15) is 13.2 Å². The lowest BCUT2D eigenvalue weighted by molar-refractivity contribution is 0.0218. The quantitative estimate of drug-likeness (QED) is 0.816. The number of nitrogens with one attached hydrogen (secondary N) is 1. The predicted molar refractivity (Wildman–Crippen MR) is 106 cm³/mol. The lowest BCUT2D eigenvalue weighted by atomic mass is 9.79. The largest absolute Gasteiger partial charge is 0.347 e. The first kappa shape index (κ1) is 18.6. The Hall–Kier alpha value is -1.74. The zero-order chi connectivity index (χ0) is 19.2. The minimum atomic E-state index is -3.83. The maximum Gasteiger partial charge on any atom is 0.261 e. The van der Waals surface area contributed by atoms with Crippen molar-refractivity contribution in [2.75, 3.05) is 13.1 Å². The number of fused-ring (bicyclic) bond motifs is 3. The second-order valence-electron chi connectivity index (χ2n) is 7.32. The number of primary sulfonamides is 1. The van der Waals surface area contributed by atoms with Crippen LogP contribution in [0.5, 0.6) is 0 Å². The van der Waals surface area contributed by atoms with E-state index >= 15 is 0 Å². The number of hydrogen-bond donors (Lipinski definition) is 2. The molecular formula is C19H23N3O3S2. The van der Waals surface area contributed by atoms with Crippen molar-refractivity contribution in [3.8, 4) is 10.4 Å². The molecule has 2 bridgehead atoms. The number of amides is 1. The molecule has 0 spiro atoms. The van der Waals surface area contributed by atoms with E-state index in [1.54, 1.807) is 30.3 Å². The minimum Gasteiger partial charge on any atom is -0.347 e. The molecule has 0 unspecified atom stereocenters. The van der Waals surface area contributed by atoms with Gasteiger partial charge >= 0.3 is 0 Å². The van der Waals surface area contributed by atoms with E-state index < -0.39 is 10.0 Å². The number of benzene rings is 1. The van der Waals surface area contributed by atoms with Gasteiger partial charge in [-0.1, -0.05) is 18.2 Å². The van der Waals surface area contributed by atoms with Crippen molar-refractivity contribution < 1.29 is 13.2 Å². The number of nitrogens with zero attached hydrogens (tertiary/aromatic N) is 1. The van der Waals surface area contributed by atoms with Crippen molar-refractivity contribution in [1.29, 1.82) is 0 Å². The Balaban J connectivity index is 1.56. The summed E-state index contributed by atoms with van der Waals surface area (Å²) in [4.78, 5) is 16.6. The third-order valence-electron chi connectivity index (χ3n) is 5.76. The fraction of sp³-hybridized carbons (Fsp3) is 0.421. The summed E-state index contributed by atoms with van der Waals surface area (Å²) in [6.07, 6.45) is 2.26. The molecule has 3 fully saturated rings. The maximum atomic E-state index is 12.8.